The molecule has 0 spiro atoms. The Hall–Kier alpha value is -2.62. The van der Waals surface area contributed by atoms with Crippen molar-refractivity contribution in [1.82, 2.24) is 0 Å². The average molecular weight is 358 g/mol. The fraction of sp³-hybridized carbons (Fsp3) is 0.143. The molecule has 0 saturated heterocycles. The van der Waals surface area contributed by atoms with E-state index in [0.717, 1.165) is 0 Å². The van der Waals surface area contributed by atoms with Gasteiger partial charge < -0.3 is 0 Å². The zero-order valence-electron chi connectivity index (χ0n) is 11.8. The fourth-order valence-electron chi connectivity index (χ4n) is 1.93. The second-order valence-electron chi connectivity index (χ2n) is 4.63. The number of halogens is 3. The van der Waals surface area contributed by atoms with Crippen LogP contribution >= 0.6 is 11.8 Å². The van der Waals surface area contributed by atoms with Crippen LogP contribution in [0.15, 0.2) is 47.4 Å². The Balaban J connectivity index is 2.54. The smallest absolute Gasteiger partial charge is 0.258 e. The number of alkyl halides is 3. The molecule has 0 N–H and O–H groups in total. The summed E-state index contributed by atoms with van der Waals surface area (Å²) in [5, 5.41) is 21.8. The van der Waals surface area contributed by atoms with E-state index in [1.54, 1.807) is 30.3 Å². The molecule has 0 aromatic heterocycles. The molecule has 0 radical (unpaired) electrons. The van der Waals surface area contributed by atoms with Crippen molar-refractivity contribution >= 4 is 23.1 Å². The van der Waals surface area contributed by atoms with Crippen molar-refractivity contribution in [3.63, 3.8) is 0 Å². The predicted molar refractivity (Wildman–Crippen MR) is 80.8 cm³/mol. The largest absolute Gasteiger partial charge is 0.417 e. The van der Waals surface area contributed by atoms with Gasteiger partial charge in [-0.3, -0.25) is 20.2 Å². The lowest BCUT2D eigenvalue weighted by Crippen LogP contribution is -2.10. The Morgan fingerprint density at radius 3 is 2.12 bits per heavy atom. The van der Waals surface area contributed by atoms with E-state index in [0.29, 0.717) is 29.5 Å². The number of benzene rings is 2. The Morgan fingerprint density at radius 1 is 1.00 bits per heavy atom. The van der Waals surface area contributed by atoms with Gasteiger partial charge in [-0.1, -0.05) is 30.3 Å². The third-order valence-electron chi connectivity index (χ3n) is 2.99. The number of nitro groups is 2. The number of non-ortho nitro benzene ring substituents is 1. The molecule has 2 aromatic carbocycles. The Labute approximate surface area is 137 Å². The minimum Gasteiger partial charge on any atom is -0.258 e. The molecule has 0 amide bonds. The second kappa shape index (κ2) is 6.87. The highest BCUT2D eigenvalue weighted by atomic mass is 32.2. The van der Waals surface area contributed by atoms with E-state index in [-0.39, 0.29) is 5.75 Å². The van der Waals surface area contributed by atoms with Crippen molar-refractivity contribution in [2.45, 2.75) is 16.8 Å². The van der Waals surface area contributed by atoms with Crippen LogP contribution in [0.25, 0.3) is 0 Å². The minimum absolute atomic E-state index is 0.0581. The molecule has 0 unspecified atom stereocenters. The normalized spacial score (nSPS) is 11.3. The summed E-state index contributed by atoms with van der Waals surface area (Å²) in [6, 6.07) is 9.29. The highest BCUT2D eigenvalue weighted by molar-refractivity contribution is 7.98. The molecule has 2 aromatic rings. The van der Waals surface area contributed by atoms with Crippen LogP contribution in [-0.4, -0.2) is 9.85 Å². The van der Waals surface area contributed by atoms with Gasteiger partial charge in [-0.25, -0.2) is 0 Å². The molecule has 24 heavy (non-hydrogen) atoms. The molecule has 126 valence electrons. The number of nitrogens with zero attached hydrogens (tertiary/aromatic N) is 2. The van der Waals surface area contributed by atoms with Crippen molar-refractivity contribution in [1.29, 1.82) is 0 Å². The van der Waals surface area contributed by atoms with E-state index in [9.17, 15) is 33.4 Å². The zero-order chi connectivity index (χ0) is 17.9. The van der Waals surface area contributed by atoms with Gasteiger partial charge in [-0.2, -0.15) is 13.2 Å². The van der Waals surface area contributed by atoms with E-state index >= 15 is 0 Å². The molecule has 6 nitrogen and oxygen atoms in total. The highest BCUT2D eigenvalue weighted by Gasteiger charge is 2.39. The summed E-state index contributed by atoms with van der Waals surface area (Å²) in [4.78, 5) is 19.1. The van der Waals surface area contributed by atoms with Gasteiger partial charge in [0.1, 0.15) is 0 Å². The van der Waals surface area contributed by atoms with E-state index < -0.39 is 37.9 Å². The first-order chi connectivity index (χ1) is 11.2. The molecule has 2 rings (SSSR count). The molecular weight excluding hydrogens is 349 g/mol. The van der Waals surface area contributed by atoms with Crippen LogP contribution in [0.5, 0.6) is 0 Å². The summed E-state index contributed by atoms with van der Waals surface area (Å²) >= 11 is 0.618. The van der Waals surface area contributed by atoms with E-state index in [1.807, 2.05) is 0 Å². The molecule has 0 bridgehead atoms. The van der Waals surface area contributed by atoms with Crippen molar-refractivity contribution in [3.8, 4) is 0 Å². The van der Waals surface area contributed by atoms with Crippen LogP contribution in [-0.2, 0) is 11.9 Å². The Morgan fingerprint density at radius 2 is 1.62 bits per heavy atom. The van der Waals surface area contributed by atoms with Crippen molar-refractivity contribution in [2.24, 2.45) is 0 Å². The summed E-state index contributed by atoms with van der Waals surface area (Å²) in [5.74, 6) is 0.0581. The van der Waals surface area contributed by atoms with Gasteiger partial charge in [0.05, 0.1) is 26.4 Å². The van der Waals surface area contributed by atoms with E-state index in [4.69, 9.17) is 0 Å². The Kier molecular flexibility index (Phi) is 5.07. The van der Waals surface area contributed by atoms with Gasteiger partial charge in [-0.05, 0) is 5.56 Å². The first-order valence-electron chi connectivity index (χ1n) is 6.41. The van der Waals surface area contributed by atoms with Crippen LogP contribution in [0.1, 0.15) is 11.1 Å². The number of rotatable bonds is 5. The topological polar surface area (TPSA) is 86.3 Å². The molecule has 0 aliphatic rings. The maximum absolute atomic E-state index is 13.2. The Bertz CT molecular complexity index is 782. The molecule has 0 fully saturated rings. The maximum atomic E-state index is 13.2. The summed E-state index contributed by atoms with van der Waals surface area (Å²) in [5.41, 5.74) is -2.62. The van der Waals surface area contributed by atoms with Crippen molar-refractivity contribution in [3.05, 3.63) is 73.8 Å². The summed E-state index contributed by atoms with van der Waals surface area (Å²) < 4.78 is 39.6. The third-order valence-corrected chi connectivity index (χ3v) is 4.19. The maximum Gasteiger partial charge on any atom is 0.417 e. The van der Waals surface area contributed by atoms with Gasteiger partial charge in [0, 0.05) is 11.8 Å². The minimum atomic E-state index is -4.95. The van der Waals surface area contributed by atoms with Gasteiger partial charge in [-0.15, -0.1) is 11.8 Å². The fourth-order valence-corrected chi connectivity index (χ4v) is 3.05. The van der Waals surface area contributed by atoms with Gasteiger partial charge in [0.25, 0.3) is 11.4 Å². The molecule has 0 atom stereocenters. The van der Waals surface area contributed by atoms with Crippen molar-refractivity contribution in [2.75, 3.05) is 0 Å². The molecule has 10 heteroatoms. The average Bonchev–Trinajstić information content (AvgIpc) is 2.52. The predicted octanol–water partition coefficient (Wildman–Crippen LogP) is 4.81. The number of thioether (sulfide) groups is 1. The monoisotopic (exact) mass is 358 g/mol. The van der Waals surface area contributed by atoms with E-state index in [1.165, 1.54) is 0 Å². The van der Waals surface area contributed by atoms with E-state index in [2.05, 4.69) is 0 Å². The summed E-state index contributed by atoms with van der Waals surface area (Å²) in [6.07, 6.45) is -4.95. The van der Waals surface area contributed by atoms with Gasteiger partial charge >= 0.3 is 6.18 Å². The molecular formula is C14H9F3N2O4S. The molecule has 0 heterocycles. The quantitative estimate of drug-likeness (QED) is 0.435. The van der Waals surface area contributed by atoms with Gasteiger partial charge in [0.2, 0.25) is 0 Å². The number of nitro benzene ring substituents is 2. The molecule has 0 aliphatic carbocycles. The standard InChI is InChI=1S/C14H9F3N2O4S/c15-14(16,17)11-6-10(18(20)21)7-12(19(22)23)13(11)24-8-9-4-2-1-3-5-9/h1-7H,8H2. The van der Waals surface area contributed by atoms with Crippen LogP contribution in [0, 0.1) is 20.2 Å². The number of hydrogen-bond donors (Lipinski definition) is 0. The second-order valence-corrected chi connectivity index (χ2v) is 5.61. The summed E-state index contributed by atoms with van der Waals surface area (Å²) in [6.45, 7) is 0. The number of hydrogen-bond acceptors (Lipinski definition) is 5. The van der Waals surface area contributed by atoms with Crippen LogP contribution in [0.2, 0.25) is 0 Å². The zero-order valence-corrected chi connectivity index (χ0v) is 12.6. The molecule has 0 aliphatic heterocycles. The third kappa shape index (κ3) is 4.02. The van der Waals surface area contributed by atoms with Gasteiger partial charge in [0.15, 0.2) is 0 Å². The van der Waals surface area contributed by atoms with Crippen LogP contribution in [0.4, 0.5) is 24.5 Å². The first-order valence-corrected chi connectivity index (χ1v) is 7.39. The highest BCUT2D eigenvalue weighted by Crippen LogP contribution is 2.44. The summed E-state index contributed by atoms with van der Waals surface area (Å²) in [7, 11) is 0. The lowest BCUT2D eigenvalue weighted by atomic mass is 10.1. The lowest BCUT2D eigenvalue weighted by molar-refractivity contribution is -0.396. The SMILES string of the molecule is O=[N+]([O-])c1cc([N+](=O)[O-])c(SCc2ccccc2)c(C(F)(F)F)c1. The first kappa shape index (κ1) is 17.7. The lowest BCUT2D eigenvalue weighted by Gasteiger charge is -2.12. The molecule has 0 saturated carbocycles. The van der Waals surface area contributed by atoms with Crippen LogP contribution < -0.4 is 0 Å². The van der Waals surface area contributed by atoms with Crippen molar-refractivity contribution < 1.29 is 23.0 Å². The van der Waals surface area contributed by atoms with Crippen LogP contribution in [0.3, 0.4) is 0 Å².